The average Bonchev–Trinajstić information content (AvgIpc) is 3.62. The van der Waals surface area contributed by atoms with Crippen LogP contribution in [0.3, 0.4) is 0 Å². The highest BCUT2D eigenvalue weighted by molar-refractivity contribution is 7.15. The molecule has 2 heterocycles. The normalized spacial score (nSPS) is 15.9. The van der Waals surface area contributed by atoms with Crippen LogP contribution in [0.5, 0.6) is 10.1 Å². The second-order valence-corrected chi connectivity index (χ2v) is 12.7. The lowest BCUT2D eigenvalue weighted by atomic mass is 9.97. The Kier molecular flexibility index (Phi) is 8.58. The molecule has 0 aliphatic heterocycles. The lowest BCUT2D eigenvalue weighted by Crippen LogP contribution is -2.48. The van der Waals surface area contributed by atoms with Gasteiger partial charge in [0.1, 0.15) is 0 Å². The van der Waals surface area contributed by atoms with Crippen molar-refractivity contribution in [3.63, 3.8) is 0 Å². The Bertz CT molecular complexity index is 1940. The summed E-state index contributed by atoms with van der Waals surface area (Å²) in [7, 11) is 8.55. The lowest BCUT2D eigenvalue weighted by molar-refractivity contribution is -0.254. The number of allylic oxidation sites excluding steroid dienone is 2. The van der Waals surface area contributed by atoms with Gasteiger partial charge < -0.3 is 19.6 Å². The zero-order valence-electron chi connectivity index (χ0n) is 25.1. The highest BCUT2D eigenvalue weighted by atomic mass is 32.1. The standard InChI is InChI=1S/C34H26F6N2O2S2/c1-41(2)22-12-6-20(7-13-22)10-16-24-18-26(30(43)45-24)28-29(33(37,38)34(39,40)32(28,35)36)27-19-25(46-31(27)44-5)17-11-21-8-14-23(15-9-21)42(3)4/h6-9,12-15,18-19,43H,1-5H3. The third kappa shape index (κ3) is 5.68. The van der Waals surface area contributed by atoms with E-state index in [4.69, 9.17) is 4.74 Å². The summed E-state index contributed by atoms with van der Waals surface area (Å²) in [5, 5.41) is 9.48. The molecule has 0 saturated heterocycles. The third-order valence-electron chi connectivity index (χ3n) is 7.23. The Morgan fingerprint density at radius 3 is 1.48 bits per heavy atom. The smallest absolute Gasteiger partial charge is 0.380 e. The first kappa shape index (κ1) is 32.9. The van der Waals surface area contributed by atoms with E-state index in [0.29, 0.717) is 22.5 Å². The SMILES string of the molecule is COc1sc(C#Cc2ccc(N(C)C)cc2)cc1C1=C(c2cc(C#Cc3ccc(N(C)C)cc3)sc2O)C(F)(F)C(F)(F)C1(F)F. The summed E-state index contributed by atoms with van der Waals surface area (Å²) in [5.41, 5.74) is -1.93. The van der Waals surface area contributed by atoms with Crippen molar-refractivity contribution in [3.8, 4) is 33.8 Å². The zero-order valence-corrected chi connectivity index (χ0v) is 26.7. The molecule has 1 aliphatic carbocycles. The predicted molar refractivity (Wildman–Crippen MR) is 172 cm³/mol. The van der Waals surface area contributed by atoms with Gasteiger partial charge in [0.15, 0.2) is 10.1 Å². The first-order valence-electron chi connectivity index (χ1n) is 13.6. The van der Waals surface area contributed by atoms with Crippen LogP contribution in [0.2, 0.25) is 0 Å². The summed E-state index contributed by atoms with van der Waals surface area (Å²) < 4.78 is 97.0. The fraction of sp³-hybridized carbons (Fsp3) is 0.235. The molecule has 0 amide bonds. The number of alkyl halides is 6. The molecule has 0 fully saturated rings. The van der Waals surface area contributed by atoms with Gasteiger partial charge in [-0.3, -0.25) is 0 Å². The van der Waals surface area contributed by atoms with Crippen LogP contribution in [0, 0.1) is 23.7 Å². The largest absolute Gasteiger partial charge is 0.499 e. The summed E-state index contributed by atoms with van der Waals surface area (Å²) in [6, 6.07) is 16.1. The van der Waals surface area contributed by atoms with E-state index in [-0.39, 0.29) is 14.8 Å². The van der Waals surface area contributed by atoms with Crippen molar-refractivity contribution >= 4 is 45.2 Å². The zero-order chi connectivity index (χ0) is 33.6. The number of halogens is 6. The van der Waals surface area contributed by atoms with Crippen LogP contribution in [-0.4, -0.2) is 58.2 Å². The number of ether oxygens (including phenoxy) is 1. The summed E-state index contributed by atoms with van der Waals surface area (Å²) in [5.74, 6) is -5.37. The fourth-order valence-electron chi connectivity index (χ4n) is 4.77. The van der Waals surface area contributed by atoms with Crippen LogP contribution in [0.1, 0.15) is 32.0 Å². The molecule has 4 nitrogen and oxygen atoms in total. The van der Waals surface area contributed by atoms with E-state index in [1.165, 1.54) is 0 Å². The van der Waals surface area contributed by atoms with E-state index in [9.17, 15) is 13.9 Å². The van der Waals surface area contributed by atoms with E-state index in [0.717, 1.165) is 42.0 Å². The van der Waals surface area contributed by atoms with Crippen LogP contribution in [-0.2, 0) is 0 Å². The first-order valence-corrected chi connectivity index (χ1v) is 15.2. The lowest BCUT2D eigenvalue weighted by Gasteiger charge is -2.25. The Morgan fingerprint density at radius 2 is 1.04 bits per heavy atom. The minimum atomic E-state index is -5.81. The molecule has 46 heavy (non-hydrogen) atoms. The fourth-order valence-corrected chi connectivity index (χ4v) is 6.36. The number of methoxy groups -OCH3 is 1. The number of rotatable bonds is 5. The molecule has 0 radical (unpaired) electrons. The molecule has 238 valence electrons. The van der Waals surface area contributed by atoms with Crippen molar-refractivity contribution in [2.24, 2.45) is 0 Å². The van der Waals surface area contributed by atoms with Crippen molar-refractivity contribution in [3.05, 3.63) is 92.7 Å². The van der Waals surface area contributed by atoms with Gasteiger partial charge in [-0.2, -0.15) is 26.3 Å². The van der Waals surface area contributed by atoms with Gasteiger partial charge in [-0.1, -0.05) is 46.4 Å². The number of hydrogen-bond acceptors (Lipinski definition) is 6. The molecule has 2 aromatic heterocycles. The number of thiophene rings is 2. The topological polar surface area (TPSA) is 35.9 Å². The summed E-state index contributed by atoms with van der Waals surface area (Å²) >= 11 is 1.26. The first-order chi connectivity index (χ1) is 21.6. The number of anilines is 2. The van der Waals surface area contributed by atoms with Gasteiger partial charge in [-0.25, -0.2) is 0 Å². The van der Waals surface area contributed by atoms with E-state index < -0.39 is 45.1 Å². The maximum Gasteiger partial charge on any atom is 0.380 e. The molecule has 0 bridgehead atoms. The number of aromatic hydroxyl groups is 1. The van der Waals surface area contributed by atoms with Crippen molar-refractivity contribution < 1.29 is 36.2 Å². The van der Waals surface area contributed by atoms with Gasteiger partial charge in [-0.15, -0.1) is 0 Å². The van der Waals surface area contributed by atoms with Gasteiger partial charge in [0.2, 0.25) is 0 Å². The maximum absolute atomic E-state index is 15.5. The monoisotopic (exact) mass is 672 g/mol. The van der Waals surface area contributed by atoms with Gasteiger partial charge in [0.05, 0.1) is 16.9 Å². The van der Waals surface area contributed by atoms with Crippen molar-refractivity contribution in [1.82, 2.24) is 0 Å². The quantitative estimate of drug-likeness (QED) is 0.171. The molecule has 1 aliphatic rings. The van der Waals surface area contributed by atoms with Crippen LogP contribution in [0.25, 0.3) is 11.1 Å². The minimum absolute atomic E-state index is 0.00879. The summed E-state index contributed by atoms with van der Waals surface area (Å²) in [6.45, 7) is 0. The van der Waals surface area contributed by atoms with E-state index in [2.05, 4.69) is 23.7 Å². The summed E-state index contributed by atoms with van der Waals surface area (Å²) in [6.07, 6.45) is 0. The van der Waals surface area contributed by atoms with Gasteiger partial charge in [0, 0.05) is 73.0 Å². The molecule has 0 saturated carbocycles. The Balaban J connectivity index is 1.61. The summed E-state index contributed by atoms with van der Waals surface area (Å²) in [4.78, 5) is 3.89. The molecule has 0 atom stereocenters. The van der Waals surface area contributed by atoms with Gasteiger partial charge in [-0.05, 0) is 60.7 Å². The molecule has 1 N–H and O–H groups in total. The highest BCUT2D eigenvalue weighted by Gasteiger charge is 2.80. The minimum Gasteiger partial charge on any atom is -0.499 e. The molecule has 0 unspecified atom stereocenters. The van der Waals surface area contributed by atoms with E-state index in [1.807, 2.05) is 50.1 Å². The molecule has 5 rings (SSSR count). The van der Waals surface area contributed by atoms with Gasteiger partial charge in [0.25, 0.3) is 0 Å². The Hall–Kier alpha value is -4.52. The molecule has 4 aromatic rings. The number of benzene rings is 2. The third-order valence-corrected chi connectivity index (χ3v) is 9.09. The van der Waals surface area contributed by atoms with E-state index >= 15 is 17.6 Å². The second kappa shape index (κ2) is 12.0. The van der Waals surface area contributed by atoms with E-state index in [1.54, 1.807) is 36.4 Å². The number of nitrogens with zero attached hydrogens (tertiary/aromatic N) is 2. The highest BCUT2D eigenvalue weighted by Crippen LogP contribution is 2.66. The molecule has 0 spiro atoms. The van der Waals surface area contributed by atoms with Crippen LogP contribution >= 0.6 is 22.7 Å². The molecule has 2 aromatic carbocycles. The Labute approximate surface area is 270 Å². The van der Waals surface area contributed by atoms with Crippen LogP contribution < -0.4 is 14.5 Å². The van der Waals surface area contributed by atoms with Crippen molar-refractivity contribution in [2.75, 3.05) is 45.1 Å². The molecule has 12 heteroatoms. The predicted octanol–water partition coefficient (Wildman–Crippen LogP) is 8.29. The molecular formula is C34H26F6N2O2S2. The maximum atomic E-state index is 15.5. The Morgan fingerprint density at radius 1 is 0.630 bits per heavy atom. The van der Waals surface area contributed by atoms with Crippen LogP contribution in [0.4, 0.5) is 37.7 Å². The van der Waals surface area contributed by atoms with Gasteiger partial charge >= 0.3 is 17.8 Å². The van der Waals surface area contributed by atoms with Crippen molar-refractivity contribution in [2.45, 2.75) is 17.8 Å². The molecular weight excluding hydrogens is 647 g/mol. The number of hydrogen-bond donors (Lipinski definition) is 1. The average molecular weight is 673 g/mol. The van der Waals surface area contributed by atoms with Crippen molar-refractivity contribution in [1.29, 1.82) is 0 Å². The van der Waals surface area contributed by atoms with Crippen LogP contribution in [0.15, 0.2) is 60.7 Å². The second-order valence-electron chi connectivity index (χ2n) is 10.7.